The van der Waals surface area contributed by atoms with Gasteiger partial charge in [-0.1, -0.05) is 98.0 Å². The molecule has 0 bridgehead atoms. The third-order valence-electron chi connectivity index (χ3n) is 10.8. The van der Waals surface area contributed by atoms with Crippen LogP contribution in [0, 0.1) is 23.7 Å². The van der Waals surface area contributed by atoms with Crippen molar-refractivity contribution >= 4 is 36.4 Å². The topological polar surface area (TPSA) is 141 Å². The molecule has 1 aliphatic heterocycles. The fourth-order valence-electron chi connectivity index (χ4n) is 7.56. The smallest absolute Gasteiger partial charge is 0.245 e. The summed E-state index contributed by atoms with van der Waals surface area (Å²) in [4.78, 5) is 58.6. The summed E-state index contributed by atoms with van der Waals surface area (Å²) >= 11 is 4.39. The maximum Gasteiger partial charge on any atom is 0.245 e. The third-order valence-corrected chi connectivity index (χ3v) is 11.0. The van der Waals surface area contributed by atoms with Crippen LogP contribution in [-0.4, -0.2) is 120 Å². The van der Waals surface area contributed by atoms with Gasteiger partial charge in [-0.25, -0.2) is 4.31 Å². The maximum atomic E-state index is 14.2. The second-order valence-corrected chi connectivity index (χ2v) is 15.9. The molecule has 0 unspecified atom stereocenters. The molecular formula is C39H67N5O7S. The molecule has 0 aliphatic carbocycles. The molecule has 0 radical (unpaired) electrons. The number of likely N-dealkylation sites (N-methyl/N-ethyl adjacent to an activating group) is 2. The van der Waals surface area contributed by atoms with E-state index in [0.717, 1.165) is 12.8 Å². The second-order valence-electron chi connectivity index (χ2n) is 15.2. The van der Waals surface area contributed by atoms with E-state index < -0.39 is 48.4 Å². The van der Waals surface area contributed by atoms with Crippen LogP contribution in [0.15, 0.2) is 30.3 Å². The number of ether oxygens (including phenoxy) is 2. The van der Waals surface area contributed by atoms with Gasteiger partial charge in [-0.2, -0.15) is 0 Å². The number of carbonyl (C=O) groups is 4. The van der Waals surface area contributed by atoms with Crippen molar-refractivity contribution in [3.05, 3.63) is 35.9 Å². The molecule has 1 saturated heterocycles. The molecule has 0 saturated carbocycles. The molecule has 4 amide bonds. The lowest BCUT2D eigenvalue weighted by Gasteiger charge is -2.41. The minimum Gasteiger partial charge on any atom is -0.386 e. The van der Waals surface area contributed by atoms with Crippen LogP contribution in [-0.2, 0) is 28.7 Å². The number of carbonyl (C=O) groups excluding carboxylic acids is 4. The first-order valence-electron chi connectivity index (χ1n) is 18.8. The van der Waals surface area contributed by atoms with Crippen LogP contribution in [0.25, 0.3) is 0 Å². The van der Waals surface area contributed by atoms with E-state index in [1.54, 1.807) is 56.3 Å². The van der Waals surface area contributed by atoms with Crippen molar-refractivity contribution in [2.45, 2.75) is 130 Å². The van der Waals surface area contributed by atoms with Crippen LogP contribution in [0.1, 0.15) is 92.7 Å². The Hall–Kier alpha value is -2.71. The van der Waals surface area contributed by atoms with E-state index in [9.17, 15) is 24.3 Å². The minimum atomic E-state index is -0.879. The van der Waals surface area contributed by atoms with Gasteiger partial charge in [0.2, 0.25) is 23.6 Å². The normalized spacial score (nSPS) is 20.1. The summed E-state index contributed by atoms with van der Waals surface area (Å²) in [5.74, 6) is -1.80. The van der Waals surface area contributed by atoms with Gasteiger partial charge < -0.3 is 35.0 Å². The van der Waals surface area contributed by atoms with Gasteiger partial charge in [-0.05, 0) is 50.1 Å². The highest BCUT2D eigenvalue weighted by Crippen LogP contribution is 2.30. The van der Waals surface area contributed by atoms with Gasteiger partial charge in [0.05, 0.1) is 48.8 Å². The Bertz CT molecular complexity index is 1280. The molecule has 1 aromatic carbocycles. The lowest BCUT2D eigenvalue weighted by Crippen LogP contribution is -2.59. The summed E-state index contributed by atoms with van der Waals surface area (Å²) < 4.78 is 13.5. The molecule has 296 valence electrons. The summed E-state index contributed by atoms with van der Waals surface area (Å²) in [6.45, 7) is 15.8. The molecule has 12 nitrogen and oxygen atoms in total. The molecular weight excluding hydrogens is 683 g/mol. The summed E-state index contributed by atoms with van der Waals surface area (Å²) in [5.41, 5.74) is 0.708. The zero-order chi connectivity index (χ0) is 39.4. The first-order chi connectivity index (χ1) is 24.4. The van der Waals surface area contributed by atoms with Gasteiger partial charge >= 0.3 is 0 Å². The van der Waals surface area contributed by atoms with Gasteiger partial charge in [0, 0.05) is 27.8 Å². The van der Waals surface area contributed by atoms with E-state index in [0.29, 0.717) is 18.5 Å². The zero-order valence-corrected chi connectivity index (χ0v) is 34.4. The van der Waals surface area contributed by atoms with Crippen molar-refractivity contribution in [1.29, 1.82) is 0 Å². The maximum absolute atomic E-state index is 14.2. The van der Waals surface area contributed by atoms with E-state index >= 15 is 0 Å². The molecule has 13 heteroatoms. The highest BCUT2D eigenvalue weighted by atomic mass is 32.1. The number of aliphatic hydroxyl groups is 1. The Morgan fingerprint density at radius 2 is 1.56 bits per heavy atom. The number of amides is 4. The van der Waals surface area contributed by atoms with Crippen LogP contribution in [0.4, 0.5) is 0 Å². The van der Waals surface area contributed by atoms with Crippen LogP contribution >= 0.6 is 12.8 Å². The number of thiol groups is 1. The Labute approximate surface area is 318 Å². The SMILES string of the molecule is CC[C@H](C)[C@@H]([C@@H](CC(=O)N1CCC[C@H]1[C@H](OC)[C@@H](C)C(=O)N[C@H](C)[C@@H](O)c1ccccc1)OC)N(C)C(=O)[C@@H](NC(=O)[C@H](C(C)C)N(C)S)C(C)C. The lowest BCUT2D eigenvalue weighted by atomic mass is 9.89. The number of benzene rings is 1. The largest absolute Gasteiger partial charge is 0.386 e. The summed E-state index contributed by atoms with van der Waals surface area (Å²) in [6, 6.07) is 6.52. The van der Waals surface area contributed by atoms with Gasteiger partial charge in [-0.3, -0.25) is 19.2 Å². The minimum absolute atomic E-state index is 0.0233. The average molecular weight is 750 g/mol. The Balaban J connectivity index is 2.25. The molecule has 2 rings (SSSR count). The van der Waals surface area contributed by atoms with Crippen LogP contribution in [0.5, 0.6) is 0 Å². The third kappa shape index (κ3) is 11.6. The molecule has 0 spiro atoms. The van der Waals surface area contributed by atoms with Gasteiger partial charge in [0.1, 0.15) is 12.1 Å². The first kappa shape index (κ1) is 45.4. The van der Waals surface area contributed by atoms with Crippen molar-refractivity contribution in [2.24, 2.45) is 23.7 Å². The van der Waals surface area contributed by atoms with Gasteiger partial charge in [0.15, 0.2) is 0 Å². The lowest BCUT2D eigenvalue weighted by molar-refractivity contribution is -0.148. The van der Waals surface area contributed by atoms with E-state index in [-0.39, 0.29) is 53.8 Å². The van der Waals surface area contributed by atoms with Crippen molar-refractivity contribution in [2.75, 3.05) is 34.9 Å². The molecule has 1 heterocycles. The van der Waals surface area contributed by atoms with Crippen LogP contribution in [0.3, 0.4) is 0 Å². The van der Waals surface area contributed by atoms with E-state index in [2.05, 4.69) is 23.4 Å². The number of likely N-dealkylation sites (tertiary alicyclic amines) is 1. The number of aliphatic hydroxyl groups excluding tert-OH is 1. The summed E-state index contributed by atoms with van der Waals surface area (Å²) in [5, 5.41) is 16.8. The molecule has 0 aromatic heterocycles. The predicted molar refractivity (Wildman–Crippen MR) is 207 cm³/mol. The van der Waals surface area contributed by atoms with Crippen LogP contribution in [0.2, 0.25) is 0 Å². The number of methoxy groups -OCH3 is 2. The monoisotopic (exact) mass is 749 g/mol. The molecule has 1 aliphatic rings. The molecule has 1 fully saturated rings. The van der Waals surface area contributed by atoms with Crippen molar-refractivity contribution in [3.63, 3.8) is 0 Å². The van der Waals surface area contributed by atoms with E-state index in [1.807, 2.05) is 71.9 Å². The number of nitrogens with zero attached hydrogens (tertiary/aromatic N) is 3. The van der Waals surface area contributed by atoms with E-state index in [4.69, 9.17) is 9.47 Å². The predicted octanol–water partition coefficient (Wildman–Crippen LogP) is 4.09. The fourth-order valence-corrected chi connectivity index (χ4v) is 7.93. The Kier molecular flexibility index (Phi) is 18.6. The highest BCUT2D eigenvalue weighted by molar-refractivity contribution is 7.77. The van der Waals surface area contributed by atoms with E-state index in [1.165, 1.54) is 0 Å². The molecule has 10 atom stereocenters. The zero-order valence-electron chi connectivity index (χ0n) is 33.5. The Morgan fingerprint density at radius 1 is 0.942 bits per heavy atom. The first-order valence-corrected chi connectivity index (χ1v) is 19.2. The Morgan fingerprint density at radius 3 is 2.06 bits per heavy atom. The number of rotatable bonds is 20. The second kappa shape index (κ2) is 21.2. The molecule has 1 aromatic rings. The van der Waals surface area contributed by atoms with Crippen molar-refractivity contribution < 1.29 is 33.8 Å². The quantitative estimate of drug-likeness (QED) is 0.146. The summed E-state index contributed by atoms with van der Waals surface area (Å²) in [7, 11) is 6.55. The van der Waals surface area contributed by atoms with Crippen molar-refractivity contribution in [1.82, 2.24) is 24.7 Å². The standard InChI is InChI=1S/C39H67N5O7S/c1-13-25(6)34(42(9)39(49)32(23(2)3)41-38(48)33(24(4)5)43(10)52)30(50-11)22-31(45)44-21-17-20-29(44)36(51-12)26(7)37(47)40-27(8)35(46)28-18-15-14-16-19-28/h14-16,18-19,23-27,29-30,32-36,46,52H,13,17,20-22H2,1-12H3,(H,40,47)(H,41,48)/t25-,26+,27+,29-,30+,32-,33-,34-,35+,36+/m0/s1. The van der Waals surface area contributed by atoms with Crippen LogP contribution < -0.4 is 10.6 Å². The number of hydrogen-bond acceptors (Lipinski definition) is 9. The van der Waals surface area contributed by atoms with Gasteiger partial charge in [0.25, 0.3) is 0 Å². The fraction of sp³-hybridized carbons (Fsp3) is 0.744. The molecule has 52 heavy (non-hydrogen) atoms. The van der Waals surface area contributed by atoms with Crippen molar-refractivity contribution in [3.8, 4) is 0 Å². The van der Waals surface area contributed by atoms with Gasteiger partial charge in [-0.15, -0.1) is 0 Å². The number of nitrogens with one attached hydrogen (secondary N) is 2. The summed E-state index contributed by atoms with van der Waals surface area (Å²) in [6.07, 6.45) is 0.0965. The molecule has 3 N–H and O–H groups in total. The average Bonchev–Trinajstić information content (AvgIpc) is 3.59. The number of hydrogen-bond donors (Lipinski definition) is 4. The highest BCUT2D eigenvalue weighted by Gasteiger charge is 2.43.